The van der Waals surface area contributed by atoms with E-state index in [1.165, 1.54) is 12.1 Å². The molecule has 0 spiro atoms. The van der Waals surface area contributed by atoms with Gasteiger partial charge in [-0.25, -0.2) is 4.39 Å². The number of benzene rings is 2. The second kappa shape index (κ2) is 6.33. The third-order valence-electron chi connectivity index (χ3n) is 2.93. The Morgan fingerprint density at radius 1 is 1.14 bits per heavy atom. The third kappa shape index (κ3) is 3.46. The number of rotatable bonds is 3. The maximum atomic E-state index is 13.3. The molecule has 2 aromatic rings. The summed E-state index contributed by atoms with van der Waals surface area (Å²) < 4.78 is 13.3. The lowest BCUT2D eigenvalue weighted by Crippen LogP contribution is -2.14. The van der Waals surface area contributed by atoms with E-state index in [-0.39, 0.29) is 16.0 Å². The molecule has 0 aliphatic rings. The number of amides is 1. The molecule has 0 aliphatic carbocycles. The van der Waals surface area contributed by atoms with Gasteiger partial charge in [0, 0.05) is 18.4 Å². The SMILES string of the molecule is CNc1cc(C)ccc1C(=O)Nc1cc(Cl)c(F)c(Cl)c1. The van der Waals surface area contributed by atoms with E-state index < -0.39 is 5.82 Å². The van der Waals surface area contributed by atoms with Crippen LogP contribution in [0.2, 0.25) is 10.0 Å². The van der Waals surface area contributed by atoms with Crippen LogP contribution in [0, 0.1) is 12.7 Å². The van der Waals surface area contributed by atoms with Gasteiger partial charge in [-0.15, -0.1) is 0 Å². The molecular weight excluding hydrogens is 314 g/mol. The summed E-state index contributed by atoms with van der Waals surface area (Å²) in [5.41, 5.74) is 2.54. The van der Waals surface area contributed by atoms with E-state index in [9.17, 15) is 9.18 Å². The van der Waals surface area contributed by atoms with Crippen LogP contribution in [0.5, 0.6) is 0 Å². The van der Waals surface area contributed by atoms with E-state index in [4.69, 9.17) is 23.2 Å². The predicted octanol–water partition coefficient (Wildman–Crippen LogP) is 4.73. The molecule has 0 heterocycles. The maximum absolute atomic E-state index is 13.3. The summed E-state index contributed by atoms with van der Waals surface area (Å²) in [6, 6.07) is 8.03. The average molecular weight is 327 g/mol. The number of aryl methyl sites for hydroxylation is 1. The molecule has 0 saturated heterocycles. The van der Waals surface area contributed by atoms with Crippen LogP contribution in [0.3, 0.4) is 0 Å². The highest BCUT2D eigenvalue weighted by molar-refractivity contribution is 6.35. The van der Waals surface area contributed by atoms with Gasteiger partial charge in [0.05, 0.1) is 15.6 Å². The monoisotopic (exact) mass is 326 g/mol. The third-order valence-corrected chi connectivity index (χ3v) is 3.48. The van der Waals surface area contributed by atoms with Gasteiger partial charge < -0.3 is 10.6 Å². The van der Waals surface area contributed by atoms with Crippen molar-refractivity contribution in [3.63, 3.8) is 0 Å². The molecule has 2 rings (SSSR count). The topological polar surface area (TPSA) is 41.1 Å². The molecule has 110 valence electrons. The van der Waals surface area contributed by atoms with Gasteiger partial charge in [0.1, 0.15) is 0 Å². The first-order valence-corrected chi connectivity index (χ1v) is 6.92. The van der Waals surface area contributed by atoms with Crippen LogP contribution >= 0.6 is 23.2 Å². The molecule has 2 N–H and O–H groups in total. The molecule has 0 atom stereocenters. The predicted molar refractivity (Wildman–Crippen MR) is 85.1 cm³/mol. The molecular formula is C15H13Cl2FN2O. The normalized spacial score (nSPS) is 10.3. The number of hydrogen-bond donors (Lipinski definition) is 2. The highest BCUT2D eigenvalue weighted by Gasteiger charge is 2.13. The van der Waals surface area contributed by atoms with Crippen LogP contribution in [-0.4, -0.2) is 13.0 Å². The van der Waals surface area contributed by atoms with Crippen LogP contribution in [-0.2, 0) is 0 Å². The zero-order valence-electron chi connectivity index (χ0n) is 11.4. The van der Waals surface area contributed by atoms with Gasteiger partial charge in [0.15, 0.2) is 5.82 Å². The Morgan fingerprint density at radius 3 is 2.33 bits per heavy atom. The van der Waals surface area contributed by atoms with E-state index >= 15 is 0 Å². The Hall–Kier alpha value is -1.78. The summed E-state index contributed by atoms with van der Waals surface area (Å²) in [7, 11) is 1.73. The summed E-state index contributed by atoms with van der Waals surface area (Å²) in [4.78, 5) is 12.3. The summed E-state index contributed by atoms with van der Waals surface area (Å²) >= 11 is 11.4. The molecule has 0 aromatic heterocycles. The molecule has 0 saturated carbocycles. The van der Waals surface area contributed by atoms with Crippen molar-refractivity contribution < 1.29 is 9.18 Å². The standard InChI is InChI=1S/C15H13Cl2FN2O/c1-8-3-4-10(13(5-8)19-2)15(21)20-9-6-11(16)14(18)12(17)7-9/h3-7,19H,1-2H3,(H,20,21). The van der Waals surface area contributed by atoms with Gasteiger partial charge in [-0.1, -0.05) is 29.3 Å². The number of anilines is 2. The molecule has 3 nitrogen and oxygen atoms in total. The van der Waals surface area contributed by atoms with Crippen molar-refractivity contribution in [2.24, 2.45) is 0 Å². The summed E-state index contributed by atoms with van der Waals surface area (Å²) in [5, 5.41) is 5.32. The number of hydrogen-bond acceptors (Lipinski definition) is 2. The van der Waals surface area contributed by atoms with E-state index in [0.717, 1.165) is 5.56 Å². The zero-order chi connectivity index (χ0) is 15.6. The van der Waals surface area contributed by atoms with Gasteiger partial charge in [-0.05, 0) is 36.8 Å². The Morgan fingerprint density at radius 2 is 1.76 bits per heavy atom. The van der Waals surface area contributed by atoms with Gasteiger partial charge in [-0.3, -0.25) is 4.79 Å². The molecule has 6 heteroatoms. The van der Waals surface area contributed by atoms with Crippen molar-refractivity contribution in [2.75, 3.05) is 17.7 Å². The molecule has 21 heavy (non-hydrogen) atoms. The van der Waals surface area contributed by atoms with Crippen molar-refractivity contribution in [2.45, 2.75) is 6.92 Å². The summed E-state index contributed by atoms with van der Waals surface area (Å²) in [6.45, 7) is 1.93. The molecule has 2 aromatic carbocycles. The fourth-order valence-electron chi connectivity index (χ4n) is 1.89. The lowest BCUT2D eigenvalue weighted by molar-refractivity contribution is 0.102. The first-order chi connectivity index (χ1) is 9.92. The number of nitrogens with one attached hydrogen (secondary N) is 2. The molecule has 0 bridgehead atoms. The van der Waals surface area contributed by atoms with E-state index in [0.29, 0.717) is 16.9 Å². The molecule has 1 amide bonds. The lowest BCUT2D eigenvalue weighted by Gasteiger charge is -2.11. The van der Waals surface area contributed by atoms with Gasteiger partial charge in [-0.2, -0.15) is 0 Å². The number of halogens is 3. The van der Waals surface area contributed by atoms with Gasteiger partial charge in [0.2, 0.25) is 0 Å². The molecule has 0 unspecified atom stereocenters. The van der Waals surface area contributed by atoms with Crippen LogP contribution in [0.15, 0.2) is 30.3 Å². The second-order valence-corrected chi connectivity index (χ2v) is 5.32. The minimum absolute atomic E-state index is 0.143. The summed E-state index contributed by atoms with van der Waals surface area (Å²) in [6.07, 6.45) is 0. The Kier molecular flexibility index (Phi) is 4.70. The minimum atomic E-state index is -0.706. The van der Waals surface area contributed by atoms with Crippen molar-refractivity contribution in [1.82, 2.24) is 0 Å². The Labute approximate surface area is 132 Å². The molecule has 0 aliphatic heterocycles. The maximum Gasteiger partial charge on any atom is 0.257 e. The number of carbonyl (C=O) groups is 1. The van der Waals surface area contributed by atoms with Gasteiger partial charge in [0.25, 0.3) is 5.91 Å². The van der Waals surface area contributed by atoms with E-state index in [1.807, 2.05) is 19.1 Å². The lowest BCUT2D eigenvalue weighted by atomic mass is 10.1. The Balaban J connectivity index is 2.30. The zero-order valence-corrected chi connectivity index (χ0v) is 12.9. The van der Waals surface area contributed by atoms with Gasteiger partial charge >= 0.3 is 0 Å². The highest BCUT2D eigenvalue weighted by Crippen LogP contribution is 2.28. The van der Waals surface area contributed by atoms with E-state index in [1.54, 1.807) is 13.1 Å². The fourth-order valence-corrected chi connectivity index (χ4v) is 2.38. The van der Waals surface area contributed by atoms with Crippen molar-refractivity contribution in [3.8, 4) is 0 Å². The number of carbonyl (C=O) groups excluding carboxylic acids is 1. The Bertz CT molecular complexity index is 681. The fraction of sp³-hybridized carbons (Fsp3) is 0.133. The van der Waals surface area contributed by atoms with E-state index in [2.05, 4.69) is 10.6 Å². The summed E-state index contributed by atoms with van der Waals surface area (Å²) in [5.74, 6) is -1.04. The van der Waals surface area contributed by atoms with Crippen molar-refractivity contribution in [1.29, 1.82) is 0 Å². The smallest absolute Gasteiger partial charge is 0.257 e. The van der Waals surface area contributed by atoms with Crippen LogP contribution < -0.4 is 10.6 Å². The van der Waals surface area contributed by atoms with Crippen molar-refractivity contribution >= 4 is 40.5 Å². The first-order valence-electron chi connectivity index (χ1n) is 6.16. The van der Waals surface area contributed by atoms with Crippen LogP contribution in [0.1, 0.15) is 15.9 Å². The van der Waals surface area contributed by atoms with Crippen LogP contribution in [0.25, 0.3) is 0 Å². The average Bonchev–Trinajstić information content (AvgIpc) is 2.44. The second-order valence-electron chi connectivity index (χ2n) is 4.51. The largest absolute Gasteiger partial charge is 0.387 e. The molecule has 0 radical (unpaired) electrons. The quantitative estimate of drug-likeness (QED) is 0.800. The minimum Gasteiger partial charge on any atom is -0.387 e. The first kappa shape index (κ1) is 15.6. The van der Waals surface area contributed by atoms with Crippen molar-refractivity contribution in [3.05, 3.63) is 57.3 Å². The molecule has 0 fully saturated rings. The van der Waals surface area contributed by atoms with Crippen LogP contribution in [0.4, 0.5) is 15.8 Å². The highest BCUT2D eigenvalue weighted by atomic mass is 35.5.